The summed E-state index contributed by atoms with van der Waals surface area (Å²) in [4.78, 5) is 19.4. The molecular formula is C122H137O9S5+5. The Morgan fingerprint density at radius 3 is 0.485 bits per heavy atom. The minimum Gasteiger partial charge on any atom is -0.491 e. The molecule has 0 bridgehead atoms. The van der Waals surface area contributed by atoms with Crippen LogP contribution in [0.1, 0.15) is 150 Å². The lowest BCUT2D eigenvalue weighted by Crippen LogP contribution is -2.23. The average molecular weight is 1910 g/mol. The molecule has 0 radical (unpaired) electrons. The first-order chi connectivity index (χ1) is 65.1. The van der Waals surface area contributed by atoms with Crippen molar-refractivity contribution in [1.82, 2.24) is 0 Å². The molecule has 0 amide bonds. The van der Waals surface area contributed by atoms with Crippen molar-refractivity contribution in [2.75, 3.05) is 20.3 Å². The molecule has 15 aromatic rings. The van der Waals surface area contributed by atoms with E-state index in [9.17, 15) is 0 Å². The van der Waals surface area contributed by atoms with Crippen LogP contribution in [0.3, 0.4) is 0 Å². The lowest BCUT2D eigenvalue weighted by atomic mass is 10.2. The molecule has 0 aliphatic heterocycles. The van der Waals surface area contributed by atoms with Gasteiger partial charge in [-0.05, 0) is 429 Å². The van der Waals surface area contributed by atoms with E-state index in [0.29, 0.717) is 19.3 Å². The minimum atomic E-state index is -0.276. The van der Waals surface area contributed by atoms with Gasteiger partial charge in [0.15, 0.2) is 73.4 Å². The van der Waals surface area contributed by atoms with Crippen LogP contribution in [0.4, 0.5) is 0 Å². The lowest BCUT2D eigenvalue weighted by molar-refractivity contribution is 0.130. The summed E-state index contributed by atoms with van der Waals surface area (Å²) in [6, 6.07) is 143. The quantitative estimate of drug-likeness (QED) is 0.0369. The van der Waals surface area contributed by atoms with Crippen molar-refractivity contribution < 1.29 is 42.6 Å². The maximum Gasteiger partial charge on any atom is 0.166 e. The summed E-state index contributed by atoms with van der Waals surface area (Å²) in [5, 5.41) is 0. The molecule has 9 nitrogen and oxygen atoms in total. The summed E-state index contributed by atoms with van der Waals surface area (Å²) >= 11 is 0. The Kier molecular flexibility index (Phi) is 37.6. The number of benzene rings is 15. The van der Waals surface area contributed by atoms with Crippen LogP contribution in [0.15, 0.2) is 480 Å². The van der Waals surface area contributed by atoms with Gasteiger partial charge in [-0.2, -0.15) is 0 Å². The number of hydrogen-bond acceptors (Lipinski definition) is 9. The van der Waals surface area contributed by atoms with E-state index in [-0.39, 0.29) is 88.1 Å². The van der Waals surface area contributed by atoms with Crippen molar-refractivity contribution in [3.63, 3.8) is 0 Å². The van der Waals surface area contributed by atoms with Gasteiger partial charge in [0.1, 0.15) is 86.2 Å². The first-order valence-corrected chi connectivity index (χ1v) is 53.0. The van der Waals surface area contributed by atoms with Crippen LogP contribution in [0.25, 0.3) is 0 Å². The van der Waals surface area contributed by atoms with Crippen molar-refractivity contribution in [3.05, 3.63) is 406 Å². The van der Waals surface area contributed by atoms with E-state index in [2.05, 4.69) is 519 Å². The molecule has 0 atom stereocenters. The van der Waals surface area contributed by atoms with Crippen LogP contribution in [-0.2, 0) is 59.2 Å². The smallest absolute Gasteiger partial charge is 0.166 e. The highest BCUT2D eigenvalue weighted by molar-refractivity contribution is 7.98. The standard InChI is InChI=1S/C30H39O3S.C26H31O2S.C23H23OS.C22H23OS.C21H21O2S/c1-28(2,3)31-22-10-16-25(17-11-22)34(26-18-12-23(13-19-26)32-29(4,5)6)27-20-14-24(15-21-27)33-30(7,8)9;1-25(2,3)27-20-12-16-23(17-13-20)29(22-10-8-7-9-11-22)24-18-14-21(15-19-24)28-26(4,5)6;1-3-11-21(12-4-1)25(22-13-5-2-6-14-22)23-17-15-20(16-18-23)24-19-9-7-8-10-19;1-22(2,3)23-18-14-16-21(17-15-18)24(19-10-6-4-7-11-19)20-12-8-5-9-13-20;1-22-16-17-23-18-12-14-21(15-13-18)24(19-8-4-2-5-9-19)20-10-6-3-7-11-20/h10-21H,1-9H3;7-19H,1-6H3;1-6,11-19H,7-10H2;4-17H,1-3H3;2-15H,16-17H2,1H3/q5*+1. The molecule has 16 rings (SSSR count). The summed E-state index contributed by atoms with van der Waals surface area (Å²) < 4.78 is 52.9. The lowest BCUT2D eigenvalue weighted by Gasteiger charge is -2.22. The topological polar surface area (TPSA) is 83.1 Å². The van der Waals surface area contributed by atoms with E-state index >= 15 is 0 Å². The van der Waals surface area contributed by atoms with E-state index in [1.165, 1.54) is 99.1 Å². The van der Waals surface area contributed by atoms with Crippen LogP contribution in [0, 0.1) is 0 Å². The third-order valence-electron chi connectivity index (χ3n) is 20.0. The van der Waals surface area contributed by atoms with Crippen molar-refractivity contribution in [2.24, 2.45) is 0 Å². The summed E-state index contributed by atoms with van der Waals surface area (Å²) in [6.07, 6.45) is 5.40. The second-order valence-corrected chi connectivity index (χ2v) is 48.8. The molecule has 1 fully saturated rings. The van der Waals surface area contributed by atoms with Gasteiger partial charge >= 0.3 is 0 Å². The molecular weight excluding hydrogens is 1770 g/mol. The molecule has 0 heterocycles. The number of hydrogen-bond donors (Lipinski definition) is 0. The first-order valence-electron chi connectivity index (χ1n) is 46.9. The Hall–Kier alpha value is -11.6. The van der Waals surface area contributed by atoms with Crippen LogP contribution in [0.5, 0.6) is 46.0 Å². The fraction of sp³-hybridized carbons (Fsp3) is 0.262. The van der Waals surface area contributed by atoms with E-state index in [1.54, 1.807) is 7.11 Å². The summed E-state index contributed by atoms with van der Waals surface area (Å²) in [7, 11) is 0.920. The molecule has 704 valence electrons. The molecule has 0 N–H and O–H groups in total. The van der Waals surface area contributed by atoms with Crippen LogP contribution < -0.4 is 37.9 Å². The molecule has 15 aromatic carbocycles. The van der Waals surface area contributed by atoms with Gasteiger partial charge in [-0.25, -0.2) is 0 Å². The van der Waals surface area contributed by atoms with Gasteiger partial charge in [0.25, 0.3) is 0 Å². The maximum absolute atomic E-state index is 6.12. The third-order valence-corrected chi connectivity index (χ3v) is 31.2. The van der Waals surface area contributed by atoms with Crippen molar-refractivity contribution >= 4 is 54.5 Å². The van der Waals surface area contributed by atoms with Crippen LogP contribution >= 0.6 is 0 Å². The molecule has 1 aliphatic carbocycles. The molecule has 0 aromatic heterocycles. The molecule has 1 saturated carbocycles. The Balaban J connectivity index is 0.000000154. The van der Waals surface area contributed by atoms with Crippen LogP contribution in [-0.4, -0.2) is 60.0 Å². The van der Waals surface area contributed by atoms with E-state index in [4.69, 9.17) is 42.6 Å². The van der Waals surface area contributed by atoms with Crippen LogP contribution in [0.2, 0.25) is 0 Å². The van der Waals surface area contributed by atoms with E-state index in [1.807, 2.05) is 12.1 Å². The second kappa shape index (κ2) is 49.4. The number of methoxy groups -OCH3 is 1. The molecule has 1 aliphatic rings. The minimum absolute atomic E-state index is 0.0824. The summed E-state index contributed by atoms with van der Waals surface area (Å²) in [5.74, 6) is 7.21. The molecule has 0 saturated heterocycles. The SMILES string of the molecule is CC(C)(C)Oc1ccc([S+](c2ccc(OC(C)(C)C)cc2)c2ccc(OC(C)(C)C)cc2)cc1.CC(C)(C)Oc1ccc([S+](c2ccccc2)c2ccc(OC(C)(C)C)cc2)cc1.CC(C)(C)Oc1ccc([S+](c2ccccc2)c2ccccc2)cc1.COCCOc1ccc([S+](c2ccccc2)c2ccccc2)cc1.c1ccc([S+](c2ccccc2)c2ccc(OC3CCCC3)cc2)cc1. The number of rotatable bonds is 27. The first kappa shape index (κ1) is 103. The zero-order valence-electron chi connectivity index (χ0n) is 82.7. The van der Waals surface area contributed by atoms with Crippen molar-refractivity contribution in [3.8, 4) is 46.0 Å². The molecule has 0 spiro atoms. The zero-order valence-corrected chi connectivity index (χ0v) is 86.8. The number of ether oxygens (including phenoxy) is 9. The highest BCUT2D eigenvalue weighted by atomic mass is 32.2. The van der Waals surface area contributed by atoms with Gasteiger partial charge in [-0.15, -0.1) is 0 Å². The Labute approximate surface area is 826 Å². The van der Waals surface area contributed by atoms with Gasteiger partial charge in [0.05, 0.1) is 67.2 Å². The largest absolute Gasteiger partial charge is 0.491 e. The maximum atomic E-state index is 6.12. The average Bonchev–Trinajstić information content (AvgIpc) is 0.870. The van der Waals surface area contributed by atoms with E-state index < -0.39 is 0 Å². The van der Waals surface area contributed by atoms with Gasteiger partial charge in [0.2, 0.25) is 0 Å². The summed E-state index contributed by atoms with van der Waals surface area (Å²) in [5.41, 5.74) is -1.27. The van der Waals surface area contributed by atoms with Crippen molar-refractivity contribution in [2.45, 2.75) is 263 Å². The fourth-order valence-corrected chi connectivity index (χ4v) is 25.0. The zero-order chi connectivity index (χ0) is 96.7. The van der Waals surface area contributed by atoms with Gasteiger partial charge < -0.3 is 42.6 Å². The van der Waals surface area contributed by atoms with Crippen molar-refractivity contribution in [1.29, 1.82) is 0 Å². The molecule has 0 unspecified atom stereocenters. The Bertz CT molecular complexity index is 5630. The van der Waals surface area contributed by atoms with Gasteiger partial charge in [0, 0.05) is 7.11 Å². The molecule has 136 heavy (non-hydrogen) atoms. The Morgan fingerprint density at radius 1 is 0.184 bits per heavy atom. The van der Waals surface area contributed by atoms with Gasteiger partial charge in [-0.1, -0.05) is 127 Å². The third kappa shape index (κ3) is 34.0. The second-order valence-electron chi connectivity index (χ2n) is 38.6. The monoisotopic (exact) mass is 1910 g/mol. The fourth-order valence-electron chi connectivity index (χ4n) is 14.7. The van der Waals surface area contributed by atoms with Gasteiger partial charge in [-0.3, -0.25) is 0 Å². The summed E-state index contributed by atoms with van der Waals surface area (Å²) in [6.45, 7) is 38.3. The predicted octanol–water partition coefficient (Wildman–Crippen LogP) is 32.3. The molecule has 14 heteroatoms. The van der Waals surface area contributed by atoms with E-state index in [0.717, 1.165) is 46.0 Å². The Morgan fingerprint density at radius 2 is 0.331 bits per heavy atom. The normalized spacial score (nSPS) is 12.4. The highest BCUT2D eigenvalue weighted by Crippen LogP contribution is 2.41. The predicted molar refractivity (Wildman–Crippen MR) is 570 cm³/mol. The highest BCUT2D eigenvalue weighted by Gasteiger charge is 2.35.